The van der Waals surface area contributed by atoms with Crippen LogP contribution in [-0.4, -0.2) is 28.7 Å². The highest BCUT2D eigenvalue weighted by Crippen LogP contribution is 2.43. The Labute approximate surface area is 110 Å². The summed E-state index contributed by atoms with van der Waals surface area (Å²) in [5.41, 5.74) is 2.88. The summed E-state index contributed by atoms with van der Waals surface area (Å²) in [6, 6.07) is 0.336. The number of thioether (sulfide) groups is 1. The van der Waals surface area contributed by atoms with Crippen molar-refractivity contribution in [2.75, 3.05) is 11.5 Å². The molecule has 1 aliphatic heterocycles. The van der Waals surface area contributed by atoms with Crippen LogP contribution in [0.15, 0.2) is 0 Å². The quantitative estimate of drug-likeness (QED) is 0.438. The Morgan fingerprint density at radius 3 is 2.47 bits per heavy atom. The van der Waals surface area contributed by atoms with Crippen LogP contribution in [0, 0.1) is 5.92 Å². The zero-order valence-electron chi connectivity index (χ0n) is 11.9. The van der Waals surface area contributed by atoms with Crippen molar-refractivity contribution in [1.29, 1.82) is 0 Å². The first-order chi connectivity index (χ1) is 7.82. The average Bonchev–Trinajstić information content (AvgIpc) is 2.42. The summed E-state index contributed by atoms with van der Waals surface area (Å²) in [6.45, 7) is 10.9. The molecule has 1 aliphatic rings. The molecule has 1 rings (SSSR count). The van der Waals surface area contributed by atoms with Gasteiger partial charge in [0.25, 0.3) is 0 Å². The number of rotatable bonds is 6. The van der Waals surface area contributed by atoms with Crippen LogP contribution >= 0.6 is 11.8 Å². The number of nitrogens with two attached hydrogens (primary N) is 1. The van der Waals surface area contributed by atoms with Crippen molar-refractivity contribution in [3.63, 3.8) is 0 Å². The SMILES string of the molecule is CCCSCC(NN)C1CC(C)(C)OC1(C)C. The summed E-state index contributed by atoms with van der Waals surface area (Å²) in [5.74, 6) is 8.48. The van der Waals surface area contributed by atoms with Gasteiger partial charge in [-0.05, 0) is 46.3 Å². The molecule has 1 fully saturated rings. The molecule has 3 nitrogen and oxygen atoms in total. The van der Waals surface area contributed by atoms with Crippen LogP contribution in [0.25, 0.3) is 0 Å². The van der Waals surface area contributed by atoms with Gasteiger partial charge < -0.3 is 4.74 Å². The van der Waals surface area contributed by atoms with E-state index in [2.05, 4.69) is 40.0 Å². The summed E-state index contributed by atoms with van der Waals surface area (Å²) < 4.78 is 6.13. The third-order valence-electron chi connectivity index (χ3n) is 3.49. The van der Waals surface area contributed by atoms with E-state index in [-0.39, 0.29) is 11.2 Å². The van der Waals surface area contributed by atoms with E-state index in [4.69, 9.17) is 10.6 Å². The number of nitrogens with one attached hydrogen (secondary N) is 1. The fourth-order valence-corrected chi connectivity index (χ4v) is 3.90. The van der Waals surface area contributed by atoms with Crippen molar-refractivity contribution in [1.82, 2.24) is 5.43 Å². The molecule has 0 bridgehead atoms. The van der Waals surface area contributed by atoms with Crippen molar-refractivity contribution < 1.29 is 4.74 Å². The van der Waals surface area contributed by atoms with Crippen molar-refractivity contribution in [3.05, 3.63) is 0 Å². The van der Waals surface area contributed by atoms with Gasteiger partial charge in [0.1, 0.15) is 0 Å². The maximum absolute atomic E-state index is 6.13. The largest absolute Gasteiger partial charge is 0.369 e. The van der Waals surface area contributed by atoms with Crippen molar-refractivity contribution >= 4 is 11.8 Å². The summed E-state index contributed by atoms with van der Waals surface area (Å²) in [7, 11) is 0. The first kappa shape index (κ1) is 15.3. The highest BCUT2D eigenvalue weighted by molar-refractivity contribution is 7.99. The Kier molecular flexibility index (Phi) is 5.32. The molecule has 1 heterocycles. The van der Waals surface area contributed by atoms with Gasteiger partial charge in [-0.1, -0.05) is 6.92 Å². The van der Waals surface area contributed by atoms with Crippen LogP contribution in [-0.2, 0) is 4.74 Å². The van der Waals surface area contributed by atoms with Crippen LogP contribution in [0.5, 0.6) is 0 Å². The number of hydrogen-bond acceptors (Lipinski definition) is 4. The lowest BCUT2D eigenvalue weighted by atomic mass is 9.82. The van der Waals surface area contributed by atoms with E-state index in [0.717, 1.165) is 12.2 Å². The molecule has 2 unspecified atom stereocenters. The zero-order valence-corrected chi connectivity index (χ0v) is 12.7. The van der Waals surface area contributed by atoms with Gasteiger partial charge >= 0.3 is 0 Å². The van der Waals surface area contributed by atoms with Gasteiger partial charge in [-0.2, -0.15) is 11.8 Å². The van der Waals surface area contributed by atoms with Crippen LogP contribution in [0.3, 0.4) is 0 Å². The van der Waals surface area contributed by atoms with E-state index >= 15 is 0 Å². The van der Waals surface area contributed by atoms with Crippen LogP contribution in [0.1, 0.15) is 47.5 Å². The minimum Gasteiger partial charge on any atom is -0.369 e. The molecule has 2 atom stereocenters. The van der Waals surface area contributed by atoms with Gasteiger partial charge in [-0.3, -0.25) is 11.3 Å². The number of ether oxygens (including phenoxy) is 1. The van der Waals surface area contributed by atoms with Gasteiger partial charge in [0.05, 0.1) is 11.2 Å². The predicted molar refractivity (Wildman–Crippen MR) is 76.1 cm³/mol. The molecule has 0 amide bonds. The maximum atomic E-state index is 6.13. The highest BCUT2D eigenvalue weighted by Gasteiger charge is 2.48. The highest BCUT2D eigenvalue weighted by atomic mass is 32.2. The summed E-state index contributed by atoms with van der Waals surface area (Å²) >= 11 is 1.98. The minimum atomic E-state index is -0.0900. The summed E-state index contributed by atoms with van der Waals surface area (Å²) in [6.07, 6.45) is 2.29. The molecule has 17 heavy (non-hydrogen) atoms. The molecule has 0 aliphatic carbocycles. The fourth-order valence-electron chi connectivity index (χ4n) is 2.87. The Morgan fingerprint density at radius 1 is 1.41 bits per heavy atom. The fraction of sp³-hybridized carbons (Fsp3) is 1.00. The van der Waals surface area contributed by atoms with Gasteiger partial charge in [0.15, 0.2) is 0 Å². The smallest absolute Gasteiger partial charge is 0.0678 e. The first-order valence-electron chi connectivity index (χ1n) is 6.56. The predicted octanol–water partition coefficient (Wildman–Crippen LogP) is 2.56. The van der Waals surface area contributed by atoms with Crippen LogP contribution in [0.2, 0.25) is 0 Å². The van der Waals surface area contributed by atoms with E-state index < -0.39 is 0 Å². The monoisotopic (exact) mass is 260 g/mol. The molecule has 3 N–H and O–H groups in total. The molecule has 0 spiro atoms. The maximum Gasteiger partial charge on any atom is 0.0678 e. The third-order valence-corrected chi connectivity index (χ3v) is 4.78. The second kappa shape index (κ2) is 5.91. The second-order valence-electron chi connectivity index (χ2n) is 6.12. The Morgan fingerprint density at radius 2 is 2.06 bits per heavy atom. The lowest BCUT2D eigenvalue weighted by Crippen LogP contribution is -2.48. The molecule has 0 radical (unpaired) electrons. The molecule has 0 aromatic rings. The van der Waals surface area contributed by atoms with Gasteiger partial charge in [-0.25, -0.2) is 0 Å². The van der Waals surface area contributed by atoms with E-state index in [0.29, 0.717) is 12.0 Å². The molecule has 1 saturated heterocycles. The van der Waals surface area contributed by atoms with E-state index in [9.17, 15) is 0 Å². The minimum absolute atomic E-state index is 0.0291. The molecule has 0 aromatic carbocycles. The van der Waals surface area contributed by atoms with Crippen molar-refractivity contribution in [2.45, 2.75) is 64.7 Å². The first-order valence-corrected chi connectivity index (χ1v) is 7.72. The zero-order chi connectivity index (χ0) is 13.1. The molecular formula is C13H28N2OS. The summed E-state index contributed by atoms with van der Waals surface area (Å²) in [4.78, 5) is 0. The molecule has 0 aromatic heterocycles. The Bertz CT molecular complexity index is 244. The normalized spacial score (nSPS) is 28.2. The topological polar surface area (TPSA) is 47.3 Å². The Hall–Kier alpha value is 0.230. The second-order valence-corrected chi connectivity index (χ2v) is 7.27. The van der Waals surface area contributed by atoms with Gasteiger partial charge in [-0.15, -0.1) is 0 Å². The van der Waals surface area contributed by atoms with Crippen LogP contribution < -0.4 is 11.3 Å². The van der Waals surface area contributed by atoms with Crippen molar-refractivity contribution in [2.24, 2.45) is 11.8 Å². The molecular weight excluding hydrogens is 232 g/mol. The standard InChI is InChI=1S/C13H28N2OS/c1-6-7-17-9-11(15-14)10-8-12(2,3)16-13(10,4)5/h10-11,15H,6-9,14H2,1-5H3. The van der Waals surface area contributed by atoms with Gasteiger partial charge in [0.2, 0.25) is 0 Å². The summed E-state index contributed by atoms with van der Waals surface area (Å²) in [5, 5.41) is 0. The van der Waals surface area contributed by atoms with E-state index in [1.54, 1.807) is 0 Å². The lowest BCUT2D eigenvalue weighted by molar-refractivity contribution is -0.0769. The van der Waals surface area contributed by atoms with Crippen LogP contribution in [0.4, 0.5) is 0 Å². The van der Waals surface area contributed by atoms with Gasteiger partial charge in [0, 0.05) is 17.7 Å². The Balaban J connectivity index is 2.62. The molecule has 0 saturated carbocycles. The third kappa shape index (κ3) is 4.12. The molecule has 4 heteroatoms. The lowest BCUT2D eigenvalue weighted by Gasteiger charge is -2.32. The average molecular weight is 260 g/mol. The molecule has 102 valence electrons. The number of hydrazine groups is 1. The van der Waals surface area contributed by atoms with Crippen molar-refractivity contribution in [3.8, 4) is 0 Å². The van der Waals surface area contributed by atoms with E-state index in [1.807, 2.05) is 11.8 Å². The van der Waals surface area contributed by atoms with E-state index in [1.165, 1.54) is 12.2 Å². The number of hydrogen-bond donors (Lipinski definition) is 2.